The van der Waals surface area contributed by atoms with Gasteiger partial charge in [-0.1, -0.05) is 47.5 Å². The second-order valence-electron chi connectivity index (χ2n) is 8.79. The van der Waals surface area contributed by atoms with Gasteiger partial charge in [0, 0.05) is 12.0 Å². The third kappa shape index (κ3) is 3.94. The van der Waals surface area contributed by atoms with Gasteiger partial charge in [-0.3, -0.25) is 0 Å². The van der Waals surface area contributed by atoms with Crippen LogP contribution < -0.4 is 0 Å². The van der Waals surface area contributed by atoms with E-state index in [2.05, 4.69) is 73.9 Å². The Morgan fingerprint density at radius 3 is 2.39 bits per heavy atom. The molecule has 4 nitrogen and oxygen atoms in total. The lowest BCUT2D eigenvalue weighted by Crippen LogP contribution is -2.43. The summed E-state index contributed by atoms with van der Waals surface area (Å²) in [5, 5.41) is 5.97. The highest BCUT2D eigenvalue weighted by Gasteiger charge is 2.41. The number of nitrogens with zero attached hydrogens (tertiary/aromatic N) is 3. The van der Waals surface area contributed by atoms with Crippen LogP contribution in [0, 0.1) is 11.5 Å². The van der Waals surface area contributed by atoms with Crippen molar-refractivity contribution in [3.8, 4) is 11.5 Å². The van der Waals surface area contributed by atoms with E-state index in [1.165, 1.54) is 6.42 Å². The van der Waals surface area contributed by atoms with Gasteiger partial charge in [-0.25, -0.2) is 9.67 Å². The Morgan fingerprint density at radius 1 is 1.14 bits per heavy atom. The van der Waals surface area contributed by atoms with Crippen LogP contribution in [0.1, 0.15) is 72.7 Å². The first-order chi connectivity index (χ1) is 13.3. The van der Waals surface area contributed by atoms with Crippen molar-refractivity contribution in [3.05, 3.63) is 22.6 Å². The van der Waals surface area contributed by atoms with Crippen molar-refractivity contribution in [1.82, 2.24) is 14.8 Å². The summed E-state index contributed by atoms with van der Waals surface area (Å²) in [4.78, 5) is 4.43. The van der Waals surface area contributed by atoms with Gasteiger partial charge in [-0.2, -0.15) is 5.10 Å². The van der Waals surface area contributed by atoms with E-state index in [-0.39, 0.29) is 6.23 Å². The predicted octanol–water partition coefficient (Wildman–Crippen LogP) is 6.46. The minimum absolute atomic E-state index is 0.0166. The monoisotopic (exact) mass is 461 g/mol. The molecule has 0 saturated carbocycles. The molecule has 1 atom stereocenters. The van der Waals surface area contributed by atoms with Crippen molar-refractivity contribution < 1.29 is 4.74 Å². The smallest absolute Gasteiger partial charge is 0.150 e. The Hall–Kier alpha value is -1.16. The SMILES string of the molecule is CC(C)[Si](C#Cc1nn(C2CCCCO2)c2cnc(Br)cc12)(C(C)C)C(C)C. The molecule has 2 aromatic rings. The predicted molar refractivity (Wildman–Crippen MR) is 122 cm³/mol. The number of hydrogen-bond donors (Lipinski definition) is 0. The topological polar surface area (TPSA) is 39.9 Å². The number of pyridine rings is 1. The quantitative estimate of drug-likeness (QED) is 0.297. The van der Waals surface area contributed by atoms with Gasteiger partial charge < -0.3 is 4.74 Å². The maximum absolute atomic E-state index is 6.00. The molecule has 3 rings (SSSR count). The van der Waals surface area contributed by atoms with Gasteiger partial charge in [-0.05, 0) is 57.9 Å². The van der Waals surface area contributed by atoms with Gasteiger partial charge in [0.2, 0.25) is 0 Å². The number of hydrogen-bond acceptors (Lipinski definition) is 3. The zero-order valence-corrected chi connectivity index (χ0v) is 20.5. The lowest BCUT2D eigenvalue weighted by molar-refractivity contribution is -0.0367. The highest BCUT2D eigenvalue weighted by atomic mass is 79.9. The molecular formula is C22H32BrN3OSi. The first-order valence-corrected chi connectivity index (χ1v) is 13.5. The minimum atomic E-state index is -1.81. The number of aromatic nitrogens is 3. The first kappa shape index (κ1) is 21.5. The summed E-state index contributed by atoms with van der Waals surface area (Å²) < 4.78 is 8.81. The van der Waals surface area contributed by atoms with Crippen molar-refractivity contribution in [3.63, 3.8) is 0 Å². The van der Waals surface area contributed by atoms with Crippen LogP contribution in [-0.2, 0) is 4.74 Å². The Balaban J connectivity index is 2.13. The van der Waals surface area contributed by atoms with Crippen molar-refractivity contribution in [2.24, 2.45) is 0 Å². The second-order valence-corrected chi connectivity index (χ2v) is 15.2. The average Bonchev–Trinajstić information content (AvgIpc) is 3.00. The third-order valence-corrected chi connectivity index (χ3v) is 13.0. The summed E-state index contributed by atoms with van der Waals surface area (Å²) in [5.74, 6) is 3.53. The molecule has 0 bridgehead atoms. The van der Waals surface area contributed by atoms with E-state index >= 15 is 0 Å². The molecule has 1 aliphatic rings. The van der Waals surface area contributed by atoms with Crippen LogP contribution in [0.4, 0.5) is 0 Å². The summed E-state index contributed by atoms with van der Waals surface area (Å²) in [7, 11) is -1.81. The zero-order valence-electron chi connectivity index (χ0n) is 17.9. The molecule has 3 heterocycles. The second kappa shape index (κ2) is 8.69. The summed E-state index contributed by atoms with van der Waals surface area (Å²) in [6, 6.07) is 2.04. The highest BCUT2D eigenvalue weighted by Crippen LogP contribution is 2.41. The fraction of sp³-hybridized carbons (Fsp3) is 0.636. The van der Waals surface area contributed by atoms with Gasteiger partial charge in [0.1, 0.15) is 18.4 Å². The number of fused-ring (bicyclic) bond motifs is 1. The number of rotatable bonds is 4. The number of halogens is 1. The van der Waals surface area contributed by atoms with E-state index in [1.54, 1.807) is 0 Å². The Bertz CT molecular complexity index is 867. The van der Waals surface area contributed by atoms with E-state index in [4.69, 9.17) is 9.84 Å². The van der Waals surface area contributed by atoms with Gasteiger partial charge in [-0.15, -0.1) is 5.54 Å². The van der Waals surface area contributed by atoms with Crippen LogP contribution in [-0.4, -0.2) is 29.4 Å². The van der Waals surface area contributed by atoms with Crippen LogP contribution in [0.15, 0.2) is 16.9 Å². The van der Waals surface area contributed by atoms with Crippen LogP contribution >= 0.6 is 15.9 Å². The molecule has 6 heteroatoms. The van der Waals surface area contributed by atoms with E-state index < -0.39 is 8.07 Å². The lowest BCUT2D eigenvalue weighted by Gasteiger charge is -2.38. The summed E-state index contributed by atoms with van der Waals surface area (Å²) in [6.07, 6.45) is 5.14. The molecule has 1 fully saturated rings. The van der Waals surface area contributed by atoms with E-state index in [0.717, 1.165) is 40.6 Å². The maximum atomic E-state index is 6.00. The summed E-state index contributed by atoms with van der Waals surface area (Å²) in [5.41, 5.74) is 7.47. The lowest BCUT2D eigenvalue weighted by atomic mass is 10.2. The molecule has 28 heavy (non-hydrogen) atoms. The van der Waals surface area contributed by atoms with E-state index in [0.29, 0.717) is 16.6 Å². The highest BCUT2D eigenvalue weighted by molar-refractivity contribution is 9.10. The molecule has 1 saturated heterocycles. The van der Waals surface area contributed by atoms with Crippen LogP contribution in [0.25, 0.3) is 10.9 Å². The Morgan fingerprint density at radius 2 is 1.82 bits per heavy atom. The molecule has 152 valence electrons. The molecule has 1 aliphatic heterocycles. The van der Waals surface area contributed by atoms with Crippen LogP contribution in [0.5, 0.6) is 0 Å². The fourth-order valence-electron chi connectivity index (χ4n) is 4.84. The Labute approximate surface area is 178 Å². The molecule has 0 spiro atoms. The van der Waals surface area contributed by atoms with Crippen molar-refractivity contribution in [1.29, 1.82) is 0 Å². The van der Waals surface area contributed by atoms with Crippen molar-refractivity contribution in [2.45, 2.75) is 83.7 Å². The van der Waals surface area contributed by atoms with Crippen LogP contribution in [0.2, 0.25) is 16.6 Å². The molecule has 0 aromatic carbocycles. The summed E-state index contributed by atoms with van der Waals surface area (Å²) in [6.45, 7) is 14.8. The molecule has 0 radical (unpaired) electrons. The molecule has 0 aliphatic carbocycles. The standard InChI is InChI=1S/C22H32BrN3OSi/c1-15(2)28(16(3)4,17(5)6)12-10-19-18-13-21(23)24-14-20(18)26(25-19)22-9-7-8-11-27-22/h13-17,22H,7-9,11H2,1-6H3. The molecule has 0 amide bonds. The molecule has 1 unspecified atom stereocenters. The van der Waals surface area contributed by atoms with Gasteiger partial charge in [0.15, 0.2) is 6.23 Å². The van der Waals surface area contributed by atoms with Gasteiger partial charge >= 0.3 is 0 Å². The molecular weight excluding hydrogens is 430 g/mol. The van der Waals surface area contributed by atoms with Gasteiger partial charge in [0.25, 0.3) is 0 Å². The zero-order chi connectivity index (χ0) is 20.5. The Kier molecular flexibility index (Phi) is 6.68. The van der Waals surface area contributed by atoms with Crippen molar-refractivity contribution in [2.75, 3.05) is 6.61 Å². The minimum Gasteiger partial charge on any atom is -0.356 e. The fourth-order valence-corrected chi connectivity index (χ4v) is 10.4. The molecule has 0 N–H and O–H groups in total. The normalized spacial score (nSPS) is 18.1. The van der Waals surface area contributed by atoms with Crippen LogP contribution in [0.3, 0.4) is 0 Å². The molecule has 2 aromatic heterocycles. The largest absolute Gasteiger partial charge is 0.356 e. The number of ether oxygens (including phenoxy) is 1. The van der Waals surface area contributed by atoms with Crippen molar-refractivity contribution >= 4 is 34.9 Å². The van der Waals surface area contributed by atoms with Gasteiger partial charge in [0.05, 0.1) is 11.7 Å². The summed E-state index contributed by atoms with van der Waals surface area (Å²) >= 11 is 3.51. The van der Waals surface area contributed by atoms with E-state index in [9.17, 15) is 0 Å². The third-order valence-electron chi connectivity index (χ3n) is 6.25. The average molecular weight is 463 g/mol. The van der Waals surface area contributed by atoms with E-state index in [1.807, 2.05) is 16.9 Å². The maximum Gasteiger partial charge on any atom is 0.150 e. The first-order valence-electron chi connectivity index (χ1n) is 10.5.